The van der Waals surface area contributed by atoms with E-state index in [4.69, 9.17) is 21.1 Å². The predicted octanol–water partition coefficient (Wildman–Crippen LogP) is 6.45. The number of hydrogen-bond donors (Lipinski definition) is 1. The van der Waals surface area contributed by atoms with Gasteiger partial charge < -0.3 is 9.47 Å². The maximum Gasteiger partial charge on any atom is 0.240 e. The largest absolute Gasteiger partial charge is 0.345 e. The first-order chi connectivity index (χ1) is 16.5. The van der Waals surface area contributed by atoms with E-state index >= 15 is 0 Å². The van der Waals surface area contributed by atoms with Crippen molar-refractivity contribution in [2.24, 2.45) is 10.8 Å². The summed E-state index contributed by atoms with van der Waals surface area (Å²) in [6.45, 7) is 8.00. The van der Waals surface area contributed by atoms with Crippen molar-refractivity contribution in [2.45, 2.75) is 76.4 Å². The molecule has 0 radical (unpaired) electrons. The van der Waals surface area contributed by atoms with E-state index in [9.17, 15) is 8.42 Å². The van der Waals surface area contributed by atoms with Crippen LogP contribution in [0.1, 0.15) is 70.4 Å². The van der Waals surface area contributed by atoms with Crippen LogP contribution in [-0.2, 0) is 31.7 Å². The topological polar surface area (TPSA) is 64.6 Å². The fraction of sp³-hybridized carbons (Fsp3) is 0.571. The molecule has 1 N–H and O–H groups in total. The first kappa shape index (κ1) is 26.6. The molecule has 1 aliphatic heterocycles. The number of hydrogen-bond acceptors (Lipinski definition) is 4. The van der Waals surface area contributed by atoms with Crippen molar-refractivity contribution in [1.82, 2.24) is 4.72 Å². The second-order valence-corrected chi connectivity index (χ2v) is 13.5. The molecule has 0 bridgehead atoms. The Morgan fingerprint density at radius 1 is 0.857 bits per heavy atom. The molecule has 0 amide bonds. The van der Waals surface area contributed by atoms with Gasteiger partial charge in [0.05, 0.1) is 18.1 Å². The van der Waals surface area contributed by atoms with E-state index in [0.717, 1.165) is 37.7 Å². The lowest BCUT2D eigenvalue weighted by molar-refractivity contribution is -0.298. The van der Waals surface area contributed by atoms with Crippen LogP contribution >= 0.6 is 11.6 Å². The Labute approximate surface area is 215 Å². The van der Waals surface area contributed by atoms with Crippen molar-refractivity contribution in [3.05, 3.63) is 64.7 Å². The predicted molar refractivity (Wildman–Crippen MR) is 140 cm³/mol. The lowest BCUT2D eigenvalue weighted by atomic mass is 9.75. The first-order valence-electron chi connectivity index (χ1n) is 12.6. The Bertz CT molecular complexity index is 1080. The van der Waals surface area contributed by atoms with Crippen LogP contribution in [0.4, 0.5) is 0 Å². The third-order valence-corrected chi connectivity index (χ3v) is 9.13. The van der Waals surface area contributed by atoms with Crippen LogP contribution in [0.25, 0.3) is 0 Å². The summed E-state index contributed by atoms with van der Waals surface area (Å²) < 4.78 is 41.1. The van der Waals surface area contributed by atoms with Crippen LogP contribution in [0.2, 0.25) is 5.02 Å². The Kier molecular flexibility index (Phi) is 7.99. The van der Waals surface area contributed by atoms with E-state index in [2.05, 4.69) is 42.8 Å². The second kappa shape index (κ2) is 10.5. The molecule has 1 saturated heterocycles. The average molecular weight is 520 g/mol. The van der Waals surface area contributed by atoms with Gasteiger partial charge >= 0.3 is 0 Å². The number of benzene rings is 2. The molecule has 7 heteroatoms. The highest BCUT2D eigenvalue weighted by atomic mass is 35.5. The summed E-state index contributed by atoms with van der Waals surface area (Å²) in [5, 5.41) is 0.522. The molecule has 0 spiro atoms. The fourth-order valence-electron chi connectivity index (χ4n) is 5.11. The third kappa shape index (κ3) is 6.66. The zero-order valence-electron chi connectivity index (χ0n) is 21.1. The van der Waals surface area contributed by atoms with Gasteiger partial charge in [-0.2, -0.15) is 0 Å². The van der Waals surface area contributed by atoms with Crippen molar-refractivity contribution < 1.29 is 17.9 Å². The van der Waals surface area contributed by atoms with Gasteiger partial charge in [0.1, 0.15) is 0 Å². The minimum absolute atomic E-state index is 0.0185. The Balaban J connectivity index is 1.49. The van der Waals surface area contributed by atoms with E-state index in [1.807, 2.05) is 6.92 Å². The first-order valence-corrected chi connectivity index (χ1v) is 14.5. The zero-order chi connectivity index (χ0) is 25.2. The van der Waals surface area contributed by atoms with Gasteiger partial charge in [0.2, 0.25) is 10.0 Å². The highest BCUT2D eigenvalue weighted by Gasteiger charge is 2.38. The molecule has 2 aromatic rings. The van der Waals surface area contributed by atoms with Gasteiger partial charge in [-0.3, -0.25) is 0 Å². The normalized spacial score (nSPS) is 21.8. The molecule has 1 aliphatic carbocycles. The summed E-state index contributed by atoms with van der Waals surface area (Å²) in [6, 6.07) is 14.8. The van der Waals surface area contributed by atoms with Gasteiger partial charge in [-0.15, -0.1) is 0 Å². The summed E-state index contributed by atoms with van der Waals surface area (Å²) in [4.78, 5) is 0.249. The Morgan fingerprint density at radius 2 is 1.43 bits per heavy atom. The SMILES string of the molecule is CC1(C)COC(C)(c2ccc(CC3(CNS(=O)(=O)c4ccc(Cl)cc4)CCCCCC3)cc2)OC1. The van der Waals surface area contributed by atoms with Gasteiger partial charge in [0.25, 0.3) is 0 Å². The number of ether oxygens (including phenoxy) is 2. The number of rotatable bonds is 7. The maximum atomic E-state index is 13.0. The molecule has 0 unspecified atom stereocenters. The van der Waals surface area contributed by atoms with E-state index in [0.29, 0.717) is 24.8 Å². The second-order valence-electron chi connectivity index (χ2n) is 11.3. The minimum Gasteiger partial charge on any atom is -0.345 e. The molecule has 2 fully saturated rings. The Hall–Kier alpha value is -1.44. The summed E-state index contributed by atoms with van der Waals surface area (Å²) in [5.74, 6) is -0.734. The molecular formula is C28H38ClNO4S. The minimum atomic E-state index is -3.60. The maximum absolute atomic E-state index is 13.0. The van der Waals surface area contributed by atoms with Crippen molar-refractivity contribution in [2.75, 3.05) is 19.8 Å². The lowest BCUT2D eigenvalue weighted by Gasteiger charge is -2.41. The van der Waals surface area contributed by atoms with Gasteiger partial charge in [0, 0.05) is 22.5 Å². The fourth-order valence-corrected chi connectivity index (χ4v) is 6.40. The van der Waals surface area contributed by atoms with E-state index < -0.39 is 15.8 Å². The molecule has 1 heterocycles. The van der Waals surface area contributed by atoms with Gasteiger partial charge in [-0.1, -0.05) is 75.4 Å². The van der Waals surface area contributed by atoms with Crippen molar-refractivity contribution in [3.8, 4) is 0 Å². The molecular weight excluding hydrogens is 482 g/mol. The highest BCUT2D eigenvalue weighted by molar-refractivity contribution is 7.89. The molecule has 5 nitrogen and oxygen atoms in total. The van der Waals surface area contributed by atoms with E-state index in [-0.39, 0.29) is 15.7 Å². The standard InChI is InChI=1S/C28H38ClNO4S/c1-26(2)20-33-27(3,34-21-26)23-10-8-22(9-11-23)18-28(16-6-4-5-7-17-28)19-30-35(31,32)25-14-12-24(29)13-15-25/h8-15,30H,4-7,16-21H2,1-3H3. The molecule has 2 aromatic carbocycles. The highest BCUT2D eigenvalue weighted by Crippen LogP contribution is 2.40. The molecule has 192 valence electrons. The Morgan fingerprint density at radius 3 is 2.00 bits per heavy atom. The van der Waals surface area contributed by atoms with Crippen LogP contribution in [-0.4, -0.2) is 28.2 Å². The van der Waals surface area contributed by atoms with E-state index in [1.165, 1.54) is 18.4 Å². The van der Waals surface area contributed by atoms with Crippen LogP contribution < -0.4 is 4.72 Å². The summed E-state index contributed by atoms with van der Waals surface area (Å²) >= 11 is 5.94. The quantitative estimate of drug-likeness (QED) is 0.427. The zero-order valence-corrected chi connectivity index (χ0v) is 22.7. The smallest absolute Gasteiger partial charge is 0.240 e. The average Bonchev–Trinajstić information content (AvgIpc) is 3.07. The number of halogens is 1. The van der Waals surface area contributed by atoms with Gasteiger partial charge in [0.15, 0.2) is 5.79 Å². The molecule has 1 saturated carbocycles. The van der Waals surface area contributed by atoms with Crippen molar-refractivity contribution in [1.29, 1.82) is 0 Å². The molecule has 2 aliphatic rings. The van der Waals surface area contributed by atoms with Crippen LogP contribution in [0.5, 0.6) is 0 Å². The summed E-state index contributed by atoms with van der Waals surface area (Å²) in [6.07, 6.45) is 7.50. The third-order valence-electron chi connectivity index (χ3n) is 7.46. The van der Waals surface area contributed by atoms with Crippen LogP contribution in [0.3, 0.4) is 0 Å². The summed E-state index contributed by atoms with van der Waals surface area (Å²) in [7, 11) is -3.60. The van der Waals surface area contributed by atoms with Crippen LogP contribution in [0.15, 0.2) is 53.4 Å². The lowest BCUT2D eigenvalue weighted by Crippen LogP contribution is -2.43. The van der Waals surface area contributed by atoms with Crippen molar-refractivity contribution >= 4 is 21.6 Å². The number of nitrogens with one attached hydrogen (secondary N) is 1. The molecule has 0 atom stereocenters. The number of sulfonamides is 1. The van der Waals surface area contributed by atoms with E-state index in [1.54, 1.807) is 24.3 Å². The summed E-state index contributed by atoms with van der Waals surface area (Å²) in [5.41, 5.74) is 2.13. The molecule has 4 rings (SSSR count). The van der Waals surface area contributed by atoms with Crippen LogP contribution in [0, 0.1) is 10.8 Å². The van der Waals surface area contributed by atoms with Gasteiger partial charge in [-0.25, -0.2) is 13.1 Å². The molecule has 0 aromatic heterocycles. The van der Waals surface area contributed by atoms with Crippen molar-refractivity contribution in [3.63, 3.8) is 0 Å². The van der Waals surface area contributed by atoms with Gasteiger partial charge in [-0.05, 0) is 61.4 Å². The molecule has 35 heavy (non-hydrogen) atoms. The monoisotopic (exact) mass is 519 g/mol.